The first-order chi connectivity index (χ1) is 10.0. The standard InChI is InChI=1S/C16H15N3OS/c1-9-3-5-12(7-10(9)2)18-15(20)11-4-6-13-14(8-11)21-16(17)19-13/h3-8H,1-2H3,(H2,17,19)(H,18,20). The molecule has 0 spiro atoms. The largest absolute Gasteiger partial charge is 0.375 e. The molecule has 0 unspecified atom stereocenters. The zero-order valence-corrected chi connectivity index (χ0v) is 12.6. The second-order valence-electron chi connectivity index (χ2n) is 4.99. The third-order valence-electron chi connectivity index (χ3n) is 3.43. The predicted octanol–water partition coefficient (Wildman–Crippen LogP) is 3.75. The zero-order chi connectivity index (χ0) is 15.0. The minimum absolute atomic E-state index is 0.132. The van der Waals surface area contributed by atoms with Gasteiger partial charge >= 0.3 is 0 Å². The number of nitrogens with one attached hydrogen (secondary N) is 1. The maximum atomic E-state index is 12.3. The van der Waals surface area contributed by atoms with Crippen LogP contribution in [0.4, 0.5) is 10.8 Å². The van der Waals surface area contributed by atoms with Crippen LogP contribution in [-0.2, 0) is 0 Å². The third-order valence-corrected chi connectivity index (χ3v) is 4.28. The van der Waals surface area contributed by atoms with E-state index in [1.165, 1.54) is 16.9 Å². The molecule has 0 saturated heterocycles. The van der Waals surface area contributed by atoms with Gasteiger partial charge in [0.15, 0.2) is 5.13 Å². The van der Waals surface area contributed by atoms with Gasteiger partial charge in [-0.25, -0.2) is 4.98 Å². The van der Waals surface area contributed by atoms with Crippen molar-refractivity contribution >= 4 is 38.3 Å². The molecule has 4 nitrogen and oxygen atoms in total. The van der Waals surface area contributed by atoms with Crippen LogP contribution in [0.3, 0.4) is 0 Å². The number of carbonyl (C=O) groups is 1. The summed E-state index contributed by atoms with van der Waals surface area (Å²) in [5, 5.41) is 3.42. The Morgan fingerprint density at radius 3 is 2.71 bits per heavy atom. The van der Waals surface area contributed by atoms with E-state index < -0.39 is 0 Å². The summed E-state index contributed by atoms with van der Waals surface area (Å²) >= 11 is 1.38. The van der Waals surface area contributed by atoms with Gasteiger partial charge in [0.05, 0.1) is 10.2 Å². The van der Waals surface area contributed by atoms with Crippen LogP contribution in [0.2, 0.25) is 0 Å². The van der Waals surface area contributed by atoms with Crippen LogP contribution in [0.5, 0.6) is 0 Å². The van der Waals surface area contributed by atoms with Crippen molar-refractivity contribution in [3.05, 3.63) is 53.1 Å². The Labute approximate surface area is 126 Å². The number of hydrogen-bond acceptors (Lipinski definition) is 4. The fourth-order valence-electron chi connectivity index (χ4n) is 2.11. The number of nitrogens with two attached hydrogens (primary N) is 1. The number of nitrogens with zero attached hydrogens (tertiary/aromatic N) is 1. The average Bonchev–Trinajstić information content (AvgIpc) is 2.82. The average molecular weight is 297 g/mol. The lowest BCUT2D eigenvalue weighted by molar-refractivity contribution is 0.102. The number of hydrogen-bond donors (Lipinski definition) is 2. The summed E-state index contributed by atoms with van der Waals surface area (Å²) in [6.07, 6.45) is 0. The summed E-state index contributed by atoms with van der Waals surface area (Å²) in [7, 11) is 0. The second kappa shape index (κ2) is 5.18. The lowest BCUT2D eigenvalue weighted by Gasteiger charge is -2.07. The molecule has 0 aliphatic carbocycles. The maximum Gasteiger partial charge on any atom is 0.255 e. The van der Waals surface area contributed by atoms with Gasteiger partial charge in [0.25, 0.3) is 5.91 Å². The first-order valence-electron chi connectivity index (χ1n) is 6.57. The number of amides is 1. The molecule has 0 aliphatic rings. The fourth-order valence-corrected chi connectivity index (χ4v) is 2.88. The zero-order valence-electron chi connectivity index (χ0n) is 11.8. The van der Waals surface area contributed by atoms with E-state index in [1.54, 1.807) is 6.07 Å². The van der Waals surface area contributed by atoms with E-state index in [0.29, 0.717) is 10.7 Å². The van der Waals surface area contributed by atoms with Gasteiger partial charge in [-0.15, -0.1) is 0 Å². The minimum Gasteiger partial charge on any atom is -0.375 e. The van der Waals surface area contributed by atoms with E-state index in [0.717, 1.165) is 21.5 Å². The van der Waals surface area contributed by atoms with E-state index >= 15 is 0 Å². The lowest BCUT2D eigenvalue weighted by atomic mass is 10.1. The molecule has 0 saturated carbocycles. The van der Waals surface area contributed by atoms with Crippen molar-refractivity contribution in [1.82, 2.24) is 4.98 Å². The van der Waals surface area contributed by atoms with Crippen LogP contribution in [0, 0.1) is 13.8 Å². The monoisotopic (exact) mass is 297 g/mol. The molecule has 1 aromatic heterocycles. The van der Waals surface area contributed by atoms with Crippen LogP contribution in [0.1, 0.15) is 21.5 Å². The summed E-state index contributed by atoms with van der Waals surface area (Å²) in [5.74, 6) is -0.132. The molecule has 5 heteroatoms. The number of rotatable bonds is 2. The molecule has 0 aliphatic heterocycles. The van der Waals surface area contributed by atoms with Gasteiger partial charge in [-0.2, -0.15) is 0 Å². The number of carbonyl (C=O) groups excluding carboxylic acids is 1. The molecular formula is C16H15N3OS. The fraction of sp³-hybridized carbons (Fsp3) is 0.125. The Kier molecular flexibility index (Phi) is 3.35. The lowest BCUT2D eigenvalue weighted by Crippen LogP contribution is -2.11. The highest BCUT2D eigenvalue weighted by atomic mass is 32.1. The summed E-state index contributed by atoms with van der Waals surface area (Å²) in [6.45, 7) is 4.07. The van der Waals surface area contributed by atoms with Gasteiger partial charge in [-0.05, 0) is 55.3 Å². The van der Waals surface area contributed by atoms with Crippen LogP contribution < -0.4 is 11.1 Å². The molecule has 0 bridgehead atoms. The molecule has 0 radical (unpaired) electrons. The highest BCUT2D eigenvalue weighted by molar-refractivity contribution is 7.22. The van der Waals surface area contributed by atoms with Crippen molar-refractivity contribution in [1.29, 1.82) is 0 Å². The minimum atomic E-state index is -0.132. The van der Waals surface area contributed by atoms with E-state index in [-0.39, 0.29) is 5.91 Å². The van der Waals surface area contributed by atoms with Gasteiger partial charge in [0.1, 0.15) is 0 Å². The molecule has 0 atom stereocenters. The molecule has 3 aromatic rings. The number of benzene rings is 2. The Balaban J connectivity index is 1.87. The molecule has 1 amide bonds. The Morgan fingerprint density at radius 2 is 1.95 bits per heavy atom. The quantitative estimate of drug-likeness (QED) is 0.757. The van der Waals surface area contributed by atoms with Crippen molar-refractivity contribution in [2.75, 3.05) is 11.1 Å². The topological polar surface area (TPSA) is 68.0 Å². The Bertz CT molecular complexity index is 839. The summed E-state index contributed by atoms with van der Waals surface area (Å²) in [4.78, 5) is 16.5. The van der Waals surface area contributed by atoms with E-state index in [1.807, 2.05) is 44.2 Å². The Morgan fingerprint density at radius 1 is 1.14 bits per heavy atom. The molecule has 2 aromatic carbocycles. The molecule has 3 N–H and O–H groups in total. The SMILES string of the molecule is Cc1ccc(NC(=O)c2ccc3nc(N)sc3c2)cc1C. The highest BCUT2D eigenvalue weighted by Crippen LogP contribution is 2.25. The van der Waals surface area contributed by atoms with Crippen LogP contribution in [-0.4, -0.2) is 10.9 Å². The van der Waals surface area contributed by atoms with Crippen LogP contribution in [0.15, 0.2) is 36.4 Å². The van der Waals surface area contributed by atoms with E-state index in [2.05, 4.69) is 10.3 Å². The van der Waals surface area contributed by atoms with E-state index in [4.69, 9.17) is 5.73 Å². The van der Waals surface area contributed by atoms with Gasteiger partial charge in [0.2, 0.25) is 0 Å². The van der Waals surface area contributed by atoms with Crippen molar-refractivity contribution in [3.8, 4) is 0 Å². The Hall–Kier alpha value is -2.40. The number of aromatic nitrogens is 1. The molecule has 21 heavy (non-hydrogen) atoms. The molecule has 1 heterocycles. The first-order valence-corrected chi connectivity index (χ1v) is 7.39. The summed E-state index contributed by atoms with van der Waals surface area (Å²) < 4.78 is 0.917. The van der Waals surface area contributed by atoms with Crippen LogP contribution >= 0.6 is 11.3 Å². The van der Waals surface area contributed by atoms with E-state index in [9.17, 15) is 4.79 Å². The van der Waals surface area contributed by atoms with Crippen LogP contribution in [0.25, 0.3) is 10.2 Å². The van der Waals surface area contributed by atoms with Crippen molar-refractivity contribution in [2.24, 2.45) is 0 Å². The number of aryl methyl sites for hydroxylation is 2. The van der Waals surface area contributed by atoms with Gasteiger partial charge in [-0.3, -0.25) is 4.79 Å². The van der Waals surface area contributed by atoms with Gasteiger partial charge < -0.3 is 11.1 Å². The number of nitrogen functional groups attached to an aromatic ring is 1. The first kappa shape index (κ1) is 13.6. The van der Waals surface area contributed by atoms with Gasteiger partial charge in [-0.1, -0.05) is 17.4 Å². The molecule has 0 fully saturated rings. The molecule has 106 valence electrons. The predicted molar refractivity (Wildman–Crippen MR) is 87.9 cm³/mol. The number of anilines is 2. The molecule has 3 rings (SSSR count). The number of fused-ring (bicyclic) bond motifs is 1. The van der Waals surface area contributed by atoms with Crippen molar-refractivity contribution in [3.63, 3.8) is 0 Å². The second-order valence-corrected chi connectivity index (χ2v) is 6.05. The maximum absolute atomic E-state index is 12.3. The van der Waals surface area contributed by atoms with Gasteiger partial charge in [0, 0.05) is 11.3 Å². The summed E-state index contributed by atoms with van der Waals surface area (Å²) in [5.41, 5.74) is 10.3. The third kappa shape index (κ3) is 2.73. The smallest absolute Gasteiger partial charge is 0.255 e. The van der Waals surface area contributed by atoms with Crippen molar-refractivity contribution in [2.45, 2.75) is 13.8 Å². The van der Waals surface area contributed by atoms with Crippen molar-refractivity contribution < 1.29 is 4.79 Å². The summed E-state index contributed by atoms with van der Waals surface area (Å²) in [6, 6.07) is 11.3. The molecular weight excluding hydrogens is 282 g/mol. The highest BCUT2D eigenvalue weighted by Gasteiger charge is 2.09. The number of thiazole rings is 1. The normalized spacial score (nSPS) is 10.8.